The highest BCUT2D eigenvalue weighted by molar-refractivity contribution is 5.95. The number of rotatable bonds is 14. The summed E-state index contributed by atoms with van der Waals surface area (Å²) in [7, 11) is 0. The van der Waals surface area contributed by atoms with Gasteiger partial charge in [-0.3, -0.25) is 24.2 Å². The summed E-state index contributed by atoms with van der Waals surface area (Å²) in [6.45, 7) is 9.23. The van der Waals surface area contributed by atoms with E-state index in [1.54, 1.807) is 57.3 Å². The van der Waals surface area contributed by atoms with Crippen LogP contribution in [0.2, 0.25) is 0 Å². The fraction of sp³-hybridized carbons (Fsp3) is 0.464. The summed E-state index contributed by atoms with van der Waals surface area (Å²) in [6, 6.07) is 9.93. The first-order chi connectivity index (χ1) is 17.1. The average molecular weight is 497 g/mol. The largest absolute Gasteiger partial charge is 0.463 e. The Kier molecular flexibility index (Phi) is 11.4. The molecule has 1 aromatic heterocycles. The molecule has 1 heterocycles. The van der Waals surface area contributed by atoms with Gasteiger partial charge in [0.25, 0.3) is 5.91 Å². The number of carbonyl (C=O) groups is 4. The first-order valence-electron chi connectivity index (χ1n) is 12.3. The van der Waals surface area contributed by atoms with Gasteiger partial charge < -0.3 is 14.8 Å². The smallest absolute Gasteiger partial charge is 0.308 e. The lowest BCUT2D eigenvalue weighted by atomic mass is 10.0. The van der Waals surface area contributed by atoms with Crippen molar-refractivity contribution < 1.29 is 28.7 Å². The predicted octanol–water partition coefficient (Wildman–Crippen LogP) is 4.27. The Hall–Kier alpha value is -3.39. The molecule has 36 heavy (non-hydrogen) atoms. The van der Waals surface area contributed by atoms with Gasteiger partial charge in [0.2, 0.25) is 0 Å². The molecular formula is C28H36N2O6. The monoisotopic (exact) mass is 496 g/mol. The molecule has 0 saturated carbocycles. The van der Waals surface area contributed by atoms with Crippen LogP contribution in [-0.2, 0) is 19.1 Å². The van der Waals surface area contributed by atoms with Crippen molar-refractivity contribution in [3.63, 3.8) is 0 Å². The van der Waals surface area contributed by atoms with E-state index in [1.165, 1.54) is 0 Å². The standard InChI is InChI=1S/C28H36N2O6/c1-6-25(31)24-12-11-22(15-29-24)20-7-9-21(10-8-20)27(33)30-23(17-36-28(34)19(4)5)16-35-14-13-26(32)18(2)3/h7-12,15,18-19,23H,6,13-14,16-17H2,1-5H3,(H,30,33). The van der Waals surface area contributed by atoms with Crippen LogP contribution in [0.3, 0.4) is 0 Å². The summed E-state index contributed by atoms with van der Waals surface area (Å²) in [5, 5.41) is 2.85. The molecule has 2 rings (SSSR count). The van der Waals surface area contributed by atoms with E-state index < -0.39 is 6.04 Å². The van der Waals surface area contributed by atoms with Crippen molar-refractivity contribution in [1.82, 2.24) is 10.3 Å². The normalized spacial score (nSPS) is 11.9. The molecule has 1 unspecified atom stereocenters. The zero-order valence-electron chi connectivity index (χ0n) is 21.7. The van der Waals surface area contributed by atoms with Gasteiger partial charge >= 0.3 is 5.97 Å². The molecule has 0 radical (unpaired) electrons. The third-order valence-corrected chi connectivity index (χ3v) is 5.54. The van der Waals surface area contributed by atoms with Gasteiger partial charge in [0.15, 0.2) is 5.78 Å². The molecule has 194 valence electrons. The van der Waals surface area contributed by atoms with Crippen molar-refractivity contribution in [1.29, 1.82) is 0 Å². The quantitative estimate of drug-likeness (QED) is 0.236. The highest BCUT2D eigenvalue weighted by Gasteiger charge is 2.18. The van der Waals surface area contributed by atoms with E-state index >= 15 is 0 Å². The Labute approximate surface area is 212 Å². The molecule has 1 aromatic carbocycles. The molecule has 0 aliphatic heterocycles. The van der Waals surface area contributed by atoms with Gasteiger partial charge in [-0.05, 0) is 23.8 Å². The highest BCUT2D eigenvalue weighted by Crippen LogP contribution is 2.19. The van der Waals surface area contributed by atoms with E-state index in [0.717, 1.165) is 11.1 Å². The Bertz CT molecular complexity index is 1030. The molecule has 8 heteroatoms. The summed E-state index contributed by atoms with van der Waals surface area (Å²) < 4.78 is 10.9. The van der Waals surface area contributed by atoms with Gasteiger partial charge in [-0.25, -0.2) is 0 Å². The second-order valence-electron chi connectivity index (χ2n) is 9.19. The SMILES string of the molecule is CCC(=O)c1ccc(-c2ccc(C(=O)NC(COCCC(=O)C(C)C)COC(=O)C(C)C)cc2)cn1. The number of pyridine rings is 1. The number of nitrogens with one attached hydrogen (secondary N) is 1. The number of benzene rings is 1. The minimum Gasteiger partial charge on any atom is -0.463 e. The third-order valence-electron chi connectivity index (χ3n) is 5.54. The van der Waals surface area contributed by atoms with Gasteiger partial charge in [0.1, 0.15) is 18.1 Å². The maximum absolute atomic E-state index is 12.9. The van der Waals surface area contributed by atoms with Crippen molar-refractivity contribution >= 4 is 23.4 Å². The van der Waals surface area contributed by atoms with E-state index in [9.17, 15) is 19.2 Å². The molecular weight excluding hydrogens is 460 g/mol. The van der Waals surface area contributed by atoms with Crippen LogP contribution in [0, 0.1) is 11.8 Å². The molecule has 0 saturated heterocycles. The molecule has 0 fully saturated rings. The number of hydrogen-bond donors (Lipinski definition) is 1. The number of amides is 1. The maximum Gasteiger partial charge on any atom is 0.308 e. The van der Waals surface area contributed by atoms with Gasteiger partial charge in [-0.2, -0.15) is 0 Å². The van der Waals surface area contributed by atoms with Crippen LogP contribution < -0.4 is 5.32 Å². The molecule has 8 nitrogen and oxygen atoms in total. The van der Waals surface area contributed by atoms with Crippen LogP contribution in [0.25, 0.3) is 11.1 Å². The summed E-state index contributed by atoms with van der Waals surface area (Å²) in [6.07, 6.45) is 2.32. The molecule has 0 bridgehead atoms. The number of nitrogens with zero attached hydrogens (tertiary/aromatic N) is 1. The van der Waals surface area contributed by atoms with Crippen molar-refractivity contribution in [2.45, 2.75) is 53.5 Å². The van der Waals surface area contributed by atoms with Crippen molar-refractivity contribution in [3.05, 3.63) is 53.9 Å². The number of hydrogen-bond acceptors (Lipinski definition) is 7. The third kappa shape index (κ3) is 9.00. The fourth-order valence-electron chi connectivity index (χ4n) is 3.16. The summed E-state index contributed by atoms with van der Waals surface area (Å²) in [5.74, 6) is -0.972. The van der Waals surface area contributed by atoms with Crippen molar-refractivity contribution in [2.24, 2.45) is 11.8 Å². The summed E-state index contributed by atoms with van der Waals surface area (Å²) >= 11 is 0. The topological polar surface area (TPSA) is 112 Å². The molecule has 0 spiro atoms. The van der Waals surface area contributed by atoms with Crippen molar-refractivity contribution in [2.75, 3.05) is 19.8 Å². The van der Waals surface area contributed by atoms with E-state index in [4.69, 9.17) is 9.47 Å². The lowest BCUT2D eigenvalue weighted by molar-refractivity contribution is -0.148. The summed E-state index contributed by atoms with van der Waals surface area (Å²) in [5.41, 5.74) is 2.55. The molecule has 1 atom stereocenters. The Balaban J connectivity index is 2.01. The maximum atomic E-state index is 12.9. The van der Waals surface area contributed by atoms with Crippen LogP contribution >= 0.6 is 0 Å². The molecule has 1 amide bonds. The van der Waals surface area contributed by atoms with Crippen LogP contribution in [0.4, 0.5) is 0 Å². The van der Waals surface area contributed by atoms with Gasteiger partial charge in [0.05, 0.1) is 25.2 Å². The van der Waals surface area contributed by atoms with E-state index in [2.05, 4.69) is 10.3 Å². The molecule has 0 aliphatic carbocycles. The Morgan fingerprint density at radius 2 is 1.56 bits per heavy atom. The van der Waals surface area contributed by atoms with Gasteiger partial charge in [-0.15, -0.1) is 0 Å². The highest BCUT2D eigenvalue weighted by atomic mass is 16.5. The number of ether oxygens (including phenoxy) is 2. The van der Waals surface area contributed by atoms with E-state index in [1.807, 2.05) is 19.9 Å². The molecule has 0 aliphatic rings. The number of carbonyl (C=O) groups excluding carboxylic acids is 4. The van der Waals surface area contributed by atoms with E-state index in [-0.39, 0.29) is 61.5 Å². The zero-order valence-corrected chi connectivity index (χ0v) is 21.7. The van der Waals surface area contributed by atoms with Crippen LogP contribution in [0.5, 0.6) is 0 Å². The fourth-order valence-corrected chi connectivity index (χ4v) is 3.16. The minimum absolute atomic E-state index is 0.0160. The Morgan fingerprint density at radius 3 is 2.11 bits per heavy atom. The lowest BCUT2D eigenvalue weighted by Crippen LogP contribution is -2.42. The van der Waals surface area contributed by atoms with Crippen LogP contribution in [-0.4, -0.2) is 54.3 Å². The zero-order chi connectivity index (χ0) is 26.7. The first kappa shape index (κ1) is 28.8. The van der Waals surface area contributed by atoms with Crippen molar-refractivity contribution in [3.8, 4) is 11.1 Å². The van der Waals surface area contributed by atoms with Crippen LogP contribution in [0.1, 0.15) is 68.3 Å². The van der Waals surface area contributed by atoms with E-state index in [0.29, 0.717) is 17.7 Å². The Morgan fingerprint density at radius 1 is 0.889 bits per heavy atom. The number of esters is 1. The second kappa shape index (κ2) is 14.2. The lowest BCUT2D eigenvalue weighted by Gasteiger charge is -2.20. The van der Waals surface area contributed by atoms with Crippen LogP contribution in [0.15, 0.2) is 42.6 Å². The number of Topliss-reactive ketones (excluding diaryl/α,β-unsaturated/α-hetero) is 2. The summed E-state index contributed by atoms with van der Waals surface area (Å²) in [4.78, 5) is 52.5. The molecule has 1 N–H and O–H groups in total. The molecule has 2 aromatic rings. The number of ketones is 2. The average Bonchev–Trinajstić information content (AvgIpc) is 2.88. The number of aromatic nitrogens is 1. The minimum atomic E-state index is -0.568. The second-order valence-corrected chi connectivity index (χ2v) is 9.19. The van der Waals surface area contributed by atoms with Gasteiger partial charge in [-0.1, -0.05) is 52.8 Å². The first-order valence-corrected chi connectivity index (χ1v) is 12.3. The predicted molar refractivity (Wildman–Crippen MR) is 137 cm³/mol. The van der Waals surface area contributed by atoms with Gasteiger partial charge in [0, 0.05) is 36.1 Å².